The molecule has 1 heterocycles. The van der Waals surface area contributed by atoms with Gasteiger partial charge in [-0.2, -0.15) is 0 Å². The average molecular weight is 321 g/mol. The zero-order chi connectivity index (χ0) is 17.0. The molecule has 124 valence electrons. The van der Waals surface area contributed by atoms with Gasteiger partial charge in [-0.3, -0.25) is 0 Å². The maximum Gasteiger partial charge on any atom is 0.118 e. The number of hydrogen-bond donors (Lipinski definition) is 0. The van der Waals surface area contributed by atoms with Crippen molar-refractivity contribution in [3.63, 3.8) is 0 Å². The SMILES string of the molecule is C#CC(C)(c1ccc(OC)cc1)c1ccc(N2CCOCC2)cc1. The first-order valence-electron chi connectivity index (χ1n) is 8.23. The number of terminal acetylenes is 1. The number of anilines is 1. The molecule has 1 atom stereocenters. The molecule has 1 aliphatic rings. The van der Waals surface area contributed by atoms with Gasteiger partial charge in [-0.05, 0) is 42.3 Å². The zero-order valence-electron chi connectivity index (χ0n) is 14.3. The molecule has 3 nitrogen and oxygen atoms in total. The van der Waals surface area contributed by atoms with Gasteiger partial charge in [0.15, 0.2) is 0 Å². The Morgan fingerprint density at radius 3 is 2.04 bits per heavy atom. The third kappa shape index (κ3) is 3.11. The van der Waals surface area contributed by atoms with Crippen LogP contribution in [-0.2, 0) is 10.2 Å². The third-order valence-electron chi connectivity index (χ3n) is 4.78. The van der Waals surface area contributed by atoms with Crippen LogP contribution >= 0.6 is 0 Å². The summed E-state index contributed by atoms with van der Waals surface area (Å²) in [6, 6.07) is 16.5. The van der Waals surface area contributed by atoms with Gasteiger partial charge in [0.1, 0.15) is 5.75 Å². The van der Waals surface area contributed by atoms with Crippen LogP contribution in [0.15, 0.2) is 48.5 Å². The molecule has 2 aromatic carbocycles. The number of benzene rings is 2. The van der Waals surface area contributed by atoms with Gasteiger partial charge in [-0.15, -0.1) is 6.42 Å². The van der Waals surface area contributed by atoms with Gasteiger partial charge >= 0.3 is 0 Å². The Morgan fingerprint density at radius 2 is 1.54 bits per heavy atom. The molecule has 0 bridgehead atoms. The van der Waals surface area contributed by atoms with Gasteiger partial charge < -0.3 is 14.4 Å². The van der Waals surface area contributed by atoms with Crippen molar-refractivity contribution >= 4 is 5.69 Å². The maximum absolute atomic E-state index is 5.91. The second kappa shape index (κ2) is 6.98. The van der Waals surface area contributed by atoms with E-state index < -0.39 is 5.41 Å². The first-order chi connectivity index (χ1) is 11.7. The Labute approximate surface area is 144 Å². The summed E-state index contributed by atoms with van der Waals surface area (Å²) in [5.41, 5.74) is 2.96. The quantitative estimate of drug-likeness (QED) is 0.805. The van der Waals surface area contributed by atoms with Crippen molar-refractivity contribution in [3.05, 3.63) is 59.7 Å². The van der Waals surface area contributed by atoms with Crippen molar-refractivity contribution in [2.45, 2.75) is 12.3 Å². The summed E-state index contributed by atoms with van der Waals surface area (Å²) in [5.74, 6) is 3.81. The lowest BCUT2D eigenvalue weighted by Crippen LogP contribution is -2.36. The molecule has 3 heteroatoms. The second-order valence-corrected chi connectivity index (χ2v) is 6.14. The molecule has 24 heavy (non-hydrogen) atoms. The predicted octanol–water partition coefficient (Wildman–Crippen LogP) is 3.47. The van der Waals surface area contributed by atoms with Crippen molar-refractivity contribution in [1.82, 2.24) is 0 Å². The van der Waals surface area contributed by atoms with E-state index in [4.69, 9.17) is 15.9 Å². The molecule has 0 aromatic heterocycles. The van der Waals surface area contributed by atoms with Crippen molar-refractivity contribution in [1.29, 1.82) is 0 Å². The van der Waals surface area contributed by atoms with Crippen molar-refractivity contribution in [3.8, 4) is 18.1 Å². The normalized spacial score (nSPS) is 17.0. The molecule has 0 spiro atoms. The summed E-state index contributed by atoms with van der Waals surface area (Å²) in [7, 11) is 1.67. The van der Waals surface area contributed by atoms with Gasteiger partial charge in [0.2, 0.25) is 0 Å². The first-order valence-corrected chi connectivity index (χ1v) is 8.23. The highest BCUT2D eigenvalue weighted by Crippen LogP contribution is 2.33. The van der Waals surface area contributed by atoms with Crippen molar-refractivity contribution < 1.29 is 9.47 Å². The van der Waals surface area contributed by atoms with Gasteiger partial charge in [0, 0.05) is 18.8 Å². The van der Waals surface area contributed by atoms with Gasteiger partial charge in [-0.25, -0.2) is 0 Å². The van der Waals surface area contributed by atoms with Crippen LogP contribution in [0.25, 0.3) is 0 Å². The van der Waals surface area contributed by atoms with E-state index in [1.807, 2.05) is 24.3 Å². The highest BCUT2D eigenvalue weighted by Gasteiger charge is 2.26. The monoisotopic (exact) mass is 321 g/mol. The summed E-state index contributed by atoms with van der Waals surface area (Å²) in [6.45, 7) is 5.53. The number of hydrogen-bond acceptors (Lipinski definition) is 3. The minimum Gasteiger partial charge on any atom is -0.497 e. The van der Waals surface area contributed by atoms with Crippen LogP contribution in [0.3, 0.4) is 0 Å². The van der Waals surface area contributed by atoms with Crippen LogP contribution in [0.5, 0.6) is 5.75 Å². The molecular formula is C21H23NO2. The summed E-state index contributed by atoms with van der Waals surface area (Å²) in [5, 5.41) is 0. The van der Waals surface area contributed by atoms with Crippen LogP contribution in [0.4, 0.5) is 5.69 Å². The van der Waals surface area contributed by atoms with Gasteiger partial charge in [-0.1, -0.05) is 30.2 Å². The molecule has 0 saturated carbocycles. The first kappa shape index (κ1) is 16.4. The Kier molecular flexibility index (Phi) is 4.78. The van der Waals surface area contributed by atoms with E-state index in [0.29, 0.717) is 0 Å². The largest absolute Gasteiger partial charge is 0.497 e. The lowest BCUT2D eigenvalue weighted by Gasteiger charge is -2.30. The van der Waals surface area contributed by atoms with E-state index in [9.17, 15) is 0 Å². The fourth-order valence-corrected chi connectivity index (χ4v) is 3.08. The molecule has 0 radical (unpaired) electrons. The zero-order valence-corrected chi connectivity index (χ0v) is 14.3. The fraction of sp³-hybridized carbons (Fsp3) is 0.333. The summed E-state index contributed by atoms with van der Waals surface area (Å²) < 4.78 is 10.7. The van der Waals surface area contributed by atoms with E-state index in [1.54, 1.807) is 7.11 Å². The number of ether oxygens (including phenoxy) is 2. The van der Waals surface area contributed by atoms with E-state index in [2.05, 4.69) is 42.0 Å². The molecule has 0 aliphatic carbocycles. The van der Waals surface area contributed by atoms with Crippen molar-refractivity contribution in [2.75, 3.05) is 38.3 Å². The Hall–Kier alpha value is -2.44. The number of methoxy groups -OCH3 is 1. The van der Waals surface area contributed by atoms with E-state index >= 15 is 0 Å². The topological polar surface area (TPSA) is 21.7 Å². The van der Waals surface area contributed by atoms with Gasteiger partial charge in [0.05, 0.1) is 25.7 Å². The highest BCUT2D eigenvalue weighted by atomic mass is 16.5. The van der Waals surface area contributed by atoms with Crippen LogP contribution in [-0.4, -0.2) is 33.4 Å². The van der Waals surface area contributed by atoms with Crippen molar-refractivity contribution in [2.24, 2.45) is 0 Å². The van der Waals surface area contributed by atoms with Crippen LogP contribution < -0.4 is 9.64 Å². The molecule has 1 aliphatic heterocycles. The third-order valence-corrected chi connectivity index (χ3v) is 4.78. The molecule has 0 amide bonds. The van der Waals surface area contributed by atoms with E-state index in [-0.39, 0.29) is 0 Å². The number of rotatable bonds is 4. The number of morpholine rings is 1. The number of nitrogens with zero attached hydrogens (tertiary/aromatic N) is 1. The smallest absolute Gasteiger partial charge is 0.118 e. The summed E-state index contributed by atoms with van der Waals surface area (Å²) in [4.78, 5) is 2.34. The molecule has 0 N–H and O–H groups in total. The lowest BCUT2D eigenvalue weighted by atomic mass is 9.77. The lowest BCUT2D eigenvalue weighted by molar-refractivity contribution is 0.122. The average Bonchev–Trinajstić information content (AvgIpc) is 2.68. The Morgan fingerprint density at radius 1 is 1.00 bits per heavy atom. The Balaban J connectivity index is 1.88. The summed E-state index contributed by atoms with van der Waals surface area (Å²) >= 11 is 0. The van der Waals surface area contributed by atoms with Crippen LogP contribution in [0, 0.1) is 12.3 Å². The maximum atomic E-state index is 5.91. The second-order valence-electron chi connectivity index (χ2n) is 6.14. The predicted molar refractivity (Wildman–Crippen MR) is 97.8 cm³/mol. The Bertz CT molecular complexity index is 709. The standard InChI is InChI=1S/C21H23NO2/c1-4-21(2,18-7-11-20(23-3)12-8-18)17-5-9-19(10-6-17)22-13-15-24-16-14-22/h1,5-12H,13-16H2,2-3H3. The molecule has 1 fully saturated rings. The molecular weight excluding hydrogens is 298 g/mol. The molecule has 1 saturated heterocycles. The minimum atomic E-state index is -0.462. The van der Waals surface area contributed by atoms with E-state index in [1.165, 1.54) is 5.69 Å². The van der Waals surface area contributed by atoms with Crippen LogP contribution in [0.1, 0.15) is 18.1 Å². The minimum absolute atomic E-state index is 0.462. The summed E-state index contributed by atoms with van der Waals surface area (Å²) in [6.07, 6.45) is 5.91. The van der Waals surface area contributed by atoms with E-state index in [0.717, 1.165) is 43.2 Å². The van der Waals surface area contributed by atoms with Crippen LogP contribution in [0.2, 0.25) is 0 Å². The van der Waals surface area contributed by atoms with Gasteiger partial charge in [0.25, 0.3) is 0 Å². The molecule has 1 unspecified atom stereocenters. The highest BCUT2D eigenvalue weighted by molar-refractivity contribution is 5.53. The fourth-order valence-electron chi connectivity index (χ4n) is 3.08. The molecule has 2 aromatic rings. The molecule has 3 rings (SSSR count).